The van der Waals surface area contributed by atoms with Gasteiger partial charge in [0.05, 0.1) is 22.6 Å². The number of carboxylic acid groups (broad SMARTS) is 1. The lowest BCUT2D eigenvalue weighted by molar-refractivity contribution is 0.0696. The van der Waals surface area contributed by atoms with Crippen molar-refractivity contribution in [1.82, 2.24) is 4.72 Å². The van der Waals surface area contributed by atoms with E-state index in [2.05, 4.69) is 4.72 Å². The van der Waals surface area contributed by atoms with Crippen molar-refractivity contribution in [1.29, 1.82) is 0 Å². The van der Waals surface area contributed by atoms with Crippen LogP contribution in [0.25, 0.3) is 0 Å². The minimum atomic E-state index is -3.78. The van der Waals surface area contributed by atoms with Crippen molar-refractivity contribution in [2.75, 3.05) is 13.2 Å². The van der Waals surface area contributed by atoms with Crippen molar-refractivity contribution >= 4 is 16.0 Å². The van der Waals surface area contributed by atoms with Crippen molar-refractivity contribution < 1.29 is 23.1 Å². The number of carbonyl (C=O) groups is 1. The molecule has 0 radical (unpaired) electrons. The number of sulfonamides is 1. The SMILES string of the molecule is Cc1ccc(C(=O)O)cc1S(=O)(=O)NC1(C)CCOC1. The lowest BCUT2D eigenvalue weighted by Crippen LogP contribution is -2.46. The average Bonchev–Trinajstić information content (AvgIpc) is 2.74. The maximum absolute atomic E-state index is 12.4. The normalized spacial score (nSPS) is 22.9. The number of rotatable bonds is 4. The number of aryl methyl sites for hydroxylation is 1. The van der Waals surface area contributed by atoms with Crippen LogP contribution in [0.5, 0.6) is 0 Å². The molecule has 2 rings (SSSR count). The molecule has 7 heteroatoms. The molecular formula is C13H17NO5S. The summed E-state index contributed by atoms with van der Waals surface area (Å²) in [5, 5.41) is 8.97. The van der Waals surface area contributed by atoms with E-state index in [1.165, 1.54) is 18.2 Å². The van der Waals surface area contributed by atoms with Gasteiger partial charge in [-0.2, -0.15) is 0 Å². The summed E-state index contributed by atoms with van der Waals surface area (Å²) in [6, 6.07) is 4.06. The van der Waals surface area contributed by atoms with Crippen LogP contribution < -0.4 is 4.72 Å². The lowest BCUT2D eigenvalue weighted by atomic mass is 10.0. The summed E-state index contributed by atoms with van der Waals surface area (Å²) in [7, 11) is -3.78. The summed E-state index contributed by atoms with van der Waals surface area (Å²) in [6.07, 6.45) is 0.587. The van der Waals surface area contributed by atoms with Crippen molar-refractivity contribution in [2.24, 2.45) is 0 Å². The molecule has 6 nitrogen and oxygen atoms in total. The molecule has 2 N–H and O–H groups in total. The summed E-state index contributed by atoms with van der Waals surface area (Å²) in [4.78, 5) is 11.0. The van der Waals surface area contributed by atoms with Gasteiger partial charge in [0.15, 0.2) is 0 Å². The fraction of sp³-hybridized carbons (Fsp3) is 0.462. The zero-order valence-corrected chi connectivity index (χ0v) is 12.2. The van der Waals surface area contributed by atoms with Crippen LogP contribution in [-0.2, 0) is 14.8 Å². The highest BCUT2D eigenvalue weighted by molar-refractivity contribution is 7.89. The number of hydrogen-bond acceptors (Lipinski definition) is 4. The Labute approximate surface area is 117 Å². The molecule has 1 atom stereocenters. The number of carboxylic acids is 1. The third-order valence-corrected chi connectivity index (χ3v) is 5.10. The van der Waals surface area contributed by atoms with Crippen LogP contribution in [0.3, 0.4) is 0 Å². The van der Waals surface area contributed by atoms with Gasteiger partial charge in [-0.05, 0) is 38.0 Å². The van der Waals surface area contributed by atoms with Gasteiger partial charge in [-0.3, -0.25) is 0 Å². The summed E-state index contributed by atoms with van der Waals surface area (Å²) in [5.41, 5.74) is -0.196. The molecule has 1 fully saturated rings. The smallest absolute Gasteiger partial charge is 0.335 e. The molecule has 1 heterocycles. The zero-order valence-electron chi connectivity index (χ0n) is 11.3. The molecule has 1 aromatic carbocycles. The average molecular weight is 299 g/mol. The van der Waals surface area contributed by atoms with E-state index in [4.69, 9.17) is 9.84 Å². The lowest BCUT2D eigenvalue weighted by Gasteiger charge is -2.23. The van der Waals surface area contributed by atoms with Crippen molar-refractivity contribution in [3.8, 4) is 0 Å². The first kappa shape index (κ1) is 15.0. The third-order valence-electron chi connectivity index (χ3n) is 3.32. The highest BCUT2D eigenvalue weighted by Crippen LogP contribution is 2.23. The molecule has 110 valence electrons. The quantitative estimate of drug-likeness (QED) is 0.870. The van der Waals surface area contributed by atoms with Crippen LogP contribution in [0.15, 0.2) is 23.1 Å². The Bertz CT molecular complexity index is 632. The number of benzene rings is 1. The highest BCUT2D eigenvalue weighted by atomic mass is 32.2. The van der Waals surface area contributed by atoms with Gasteiger partial charge in [-0.15, -0.1) is 0 Å². The van der Waals surface area contributed by atoms with Crippen LogP contribution in [0.2, 0.25) is 0 Å². The Morgan fingerprint density at radius 3 is 2.70 bits per heavy atom. The topological polar surface area (TPSA) is 92.7 Å². The first-order valence-corrected chi connectivity index (χ1v) is 7.67. The maximum Gasteiger partial charge on any atom is 0.335 e. The molecule has 0 bridgehead atoms. The molecule has 0 amide bonds. The van der Waals surface area contributed by atoms with Crippen LogP contribution >= 0.6 is 0 Å². The minimum Gasteiger partial charge on any atom is -0.478 e. The minimum absolute atomic E-state index is 0.00877. The van der Waals surface area contributed by atoms with Gasteiger partial charge in [0.25, 0.3) is 0 Å². The molecule has 0 spiro atoms. The van der Waals surface area contributed by atoms with E-state index < -0.39 is 21.5 Å². The van der Waals surface area contributed by atoms with E-state index in [-0.39, 0.29) is 10.5 Å². The predicted octanol–water partition coefficient (Wildman–Crippen LogP) is 1.15. The summed E-state index contributed by atoms with van der Waals surface area (Å²) < 4.78 is 32.7. The summed E-state index contributed by atoms with van der Waals surface area (Å²) in [5.74, 6) is -1.16. The van der Waals surface area contributed by atoms with Crippen molar-refractivity contribution in [2.45, 2.75) is 30.7 Å². The van der Waals surface area contributed by atoms with Crippen LogP contribution in [0.1, 0.15) is 29.3 Å². The van der Waals surface area contributed by atoms with E-state index in [1.807, 2.05) is 0 Å². The van der Waals surface area contributed by atoms with Gasteiger partial charge < -0.3 is 9.84 Å². The molecule has 1 aliphatic rings. The van der Waals surface area contributed by atoms with E-state index >= 15 is 0 Å². The molecule has 1 aromatic rings. The molecule has 0 aliphatic carbocycles. The van der Waals surface area contributed by atoms with Gasteiger partial charge in [0.2, 0.25) is 10.0 Å². The second-order valence-electron chi connectivity index (χ2n) is 5.25. The first-order valence-electron chi connectivity index (χ1n) is 6.19. The second-order valence-corrected chi connectivity index (χ2v) is 6.90. The Morgan fingerprint density at radius 1 is 1.45 bits per heavy atom. The van der Waals surface area contributed by atoms with Gasteiger partial charge in [0.1, 0.15) is 0 Å². The van der Waals surface area contributed by atoms with E-state index in [9.17, 15) is 13.2 Å². The standard InChI is InChI=1S/C13H17NO5S/c1-9-3-4-10(12(15)16)7-11(9)20(17,18)14-13(2)5-6-19-8-13/h3-4,7,14H,5-6,8H2,1-2H3,(H,15,16). The number of ether oxygens (including phenoxy) is 1. The number of nitrogens with one attached hydrogen (secondary N) is 1. The van der Waals surface area contributed by atoms with Crippen LogP contribution in [0.4, 0.5) is 0 Å². The fourth-order valence-corrected chi connectivity index (χ4v) is 3.84. The number of hydrogen-bond donors (Lipinski definition) is 2. The zero-order chi connectivity index (χ0) is 15.0. The molecular weight excluding hydrogens is 282 g/mol. The molecule has 0 saturated carbocycles. The Morgan fingerprint density at radius 2 is 2.15 bits per heavy atom. The van der Waals surface area contributed by atoms with Crippen molar-refractivity contribution in [3.63, 3.8) is 0 Å². The largest absolute Gasteiger partial charge is 0.478 e. The number of aromatic carboxylic acids is 1. The molecule has 0 aromatic heterocycles. The predicted molar refractivity (Wildman–Crippen MR) is 72.3 cm³/mol. The van der Waals surface area contributed by atoms with Crippen molar-refractivity contribution in [3.05, 3.63) is 29.3 Å². The summed E-state index contributed by atoms with van der Waals surface area (Å²) in [6.45, 7) is 4.22. The Kier molecular flexibility index (Phi) is 3.86. The van der Waals surface area contributed by atoms with Crippen LogP contribution in [0, 0.1) is 6.92 Å². The molecule has 1 unspecified atom stereocenters. The van der Waals surface area contributed by atoms with Gasteiger partial charge in [-0.1, -0.05) is 6.07 Å². The summed E-state index contributed by atoms with van der Waals surface area (Å²) >= 11 is 0. The first-order chi connectivity index (χ1) is 9.23. The van der Waals surface area contributed by atoms with Gasteiger partial charge >= 0.3 is 5.97 Å². The van der Waals surface area contributed by atoms with Gasteiger partial charge in [-0.25, -0.2) is 17.9 Å². The highest BCUT2D eigenvalue weighted by Gasteiger charge is 2.35. The van der Waals surface area contributed by atoms with E-state index in [0.717, 1.165) is 0 Å². The maximum atomic E-state index is 12.4. The fourth-order valence-electron chi connectivity index (χ4n) is 2.15. The van der Waals surface area contributed by atoms with E-state index in [1.54, 1.807) is 13.8 Å². The molecule has 1 saturated heterocycles. The van der Waals surface area contributed by atoms with E-state index in [0.29, 0.717) is 25.2 Å². The monoisotopic (exact) mass is 299 g/mol. The van der Waals surface area contributed by atoms with Gasteiger partial charge in [0, 0.05) is 6.61 Å². The Balaban J connectivity index is 2.38. The molecule has 20 heavy (non-hydrogen) atoms. The van der Waals surface area contributed by atoms with Crippen LogP contribution in [-0.4, -0.2) is 38.2 Å². The third kappa shape index (κ3) is 3.00. The molecule has 1 aliphatic heterocycles. The Hall–Kier alpha value is -1.44. The second kappa shape index (κ2) is 5.16.